The normalized spacial score (nSPS) is 26.4. The first-order valence-electron chi connectivity index (χ1n) is 12.2. The molecule has 2 fully saturated rings. The van der Waals surface area contributed by atoms with E-state index in [1.807, 2.05) is 6.92 Å². The van der Waals surface area contributed by atoms with E-state index in [1.54, 1.807) is 24.1 Å². The van der Waals surface area contributed by atoms with E-state index in [9.17, 15) is 15.0 Å². The molecule has 2 saturated carbocycles. The lowest BCUT2D eigenvalue weighted by atomic mass is 9.80. The van der Waals surface area contributed by atoms with Crippen LogP contribution in [-0.4, -0.2) is 45.2 Å². The van der Waals surface area contributed by atoms with Gasteiger partial charge in [0.05, 0.1) is 18.3 Å². The Morgan fingerprint density at radius 2 is 2.09 bits per heavy atom. The molecule has 1 aromatic heterocycles. The van der Waals surface area contributed by atoms with Crippen molar-refractivity contribution in [2.75, 3.05) is 12.4 Å². The molecule has 1 unspecified atom stereocenters. The van der Waals surface area contributed by atoms with Crippen LogP contribution in [0.2, 0.25) is 0 Å². The van der Waals surface area contributed by atoms with Gasteiger partial charge in [0.15, 0.2) is 10.0 Å². The third kappa shape index (κ3) is 7.86. The number of aromatic nitrogens is 1. The average Bonchev–Trinajstić information content (AvgIpc) is 3.36. The molecule has 0 bridgehead atoms. The minimum Gasteiger partial charge on any atom is -0.461 e. The maximum Gasteiger partial charge on any atom is 0.357 e. The van der Waals surface area contributed by atoms with Crippen LogP contribution in [0.25, 0.3) is 0 Å². The number of aliphatic hydroxyl groups excluding tert-OH is 1. The number of thioether (sulfide) groups is 1. The van der Waals surface area contributed by atoms with Crippen molar-refractivity contribution >= 4 is 29.1 Å². The van der Waals surface area contributed by atoms with Crippen LogP contribution >= 0.6 is 23.1 Å². The van der Waals surface area contributed by atoms with Crippen LogP contribution < -0.4 is 0 Å². The highest BCUT2D eigenvalue weighted by atomic mass is 32.2. The topological polar surface area (TPSA) is 79.7 Å². The second kappa shape index (κ2) is 12.5. The molecule has 0 radical (unpaired) electrons. The van der Waals surface area contributed by atoms with Crippen LogP contribution in [0, 0.1) is 17.8 Å². The standard InChI is InChI=1S/C25H39NO4S2/c1-3-30-23(28)21-17-32-24(26-21)31-15-13-20-19(11-12-22(20)27)10-7-14-25(2,29)16-18-8-5-4-6-9-18/h7,10,17-20,22,27,29H,3-6,8-9,11-16H2,1-2H3/t19-,20+,22-,25?/m0/s1. The number of aliphatic hydroxyl groups is 2. The van der Waals surface area contributed by atoms with E-state index in [0.717, 1.165) is 35.8 Å². The molecule has 2 aliphatic carbocycles. The quantitative estimate of drug-likeness (QED) is 0.234. The summed E-state index contributed by atoms with van der Waals surface area (Å²) >= 11 is 3.10. The van der Waals surface area contributed by atoms with Crippen LogP contribution in [0.4, 0.5) is 0 Å². The number of esters is 1. The van der Waals surface area contributed by atoms with Gasteiger partial charge in [0, 0.05) is 11.1 Å². The predicted molar refractivity (Wildman–Crippen MR) is 131 cm³/mol. The Hall–Kier alpha value is -0.890. The van der Waals surface area contributed by atoms with Gasteiger partial charge in [0.25, 0.3) is 0 Å². The molecule has 7 heteroatoms. The zero-order valence-electron chi connectivity index (χ0n) is 19.5. The molecule has 1 aromatic rings. The number of nitrogens with zero attached hydrogens (tertiary/aromatic N) is 1. The van der Waals surface area contributed by atoms with Crippen molar-refractivity contribution in [3.05, 3.63) is 23.2 Å². The number of ether oxygens (including phenoxy) is 1. The summed E-state index contributed by atoms with van der Waals surface area (Å²) in [6, 6.07) is 0. The Bertz CT molecular complexity index is 742. The van der Waals surface area contributed by atoms with Crippen LogP contribution in [0.15, 0.2) is 21.9 Å². The molecular formula is C25H39NO4S2. The first-order chi connectivity index (χ1) is 15.4. The fourth-order valence-electron chi connectivity index (χ4n) is 5.22. The van der Waals surface area contributed by atoms with Crippen molar-refractivity contribution in [2.24, 2.45) is 17.8 Å². The van der Waals surface area contributed by atoms with Gasteiger partial charge >= 0.3 is 5.97 Å². The second-order valence-corrected chi connectivity index (χ2v) is 11.9. The maximum absolute atomic E-state index is 11.8. The molecule has 2 aliphatic rings. The molecule has 180 valence electrons. The summed E-state index contributed by atoms with van der Waals surface area (Å²) in [6.45, 7) is 4.11. The lowest BCUT2D eigenvalue weighted by molar-refractivity contribution is 0.0302. The number of carbonyl (C=O) groups excluding carboxylic acids is 1. The van der Waals surface area contributed by atoms with Crippen molar-refractivity contribution in [1.82, 2.24) is 4.98 Å². The van der Waals surface area contributed by atoms with E-state index < -0.39 is 5.60 Å². The summed E-state index contributed by atoms with van der Waals surface area (Å²) in [6.07, 6.45) is 14.9. The van der Waals surface area contributed by atoms with Crippen molar-refractivity contribution in [2.45, 2.75) is 94.1 Å². The van der Waals surface area contributed by atoms with Crippen molar-refractivity contribution in [3.63, 3.8) is 0 Å². The van der Waals surface area contributed by atoms with Crippen molar-refractivity contribution in [3.8, 4) is 0 Å². The number of allylic oxidation sites excluding steroid dienone is 1. The highest BCUT2D eigenvalue weighted by molar-refractivity contribution is 8.01. The summed E-state index contributed by atoms with van der Waals surface area (Å²) < 4.78 is 5.86. The number of hydrogen-bond acceptors (Lipinski definition) is 7. The lowest BCUT2D eigenvalue weighted by Gasteiger charge is -2.30. The fourth-order valence-corrected chi connectivity index (χ4v) is 7.13. The van der Waals surface area contributed by atoms with Crippen LogP contribution in [0.1, 0.15) is 88.5 Å². The van der Waals surface area contributed by atoms with Gasteiger partial charge in [-0.3, -0.25) is 0 Å². The smallest absolute Gasteiger partial charge is 0.357 e. The third-order valence-corrected chi connectivity index (χ3v) is 8.93. The third-order valence-electron chi connectivity index (χ3n) is 6.88. The summed E-state index contributed by atoms with van der Waals surface area (Å²) in [5, 5.41) is 23.1. The van der Waals surface area contributed by atoms with Gasteiger partial charge in [-0.25, -0.2) is 9.78 Å². The van der Waals surface area contributed by atoms with Gasteiger partial charge in [0.1, 0.15) is 0 Å². The van der Waals surface area contributed by atoms with E-state index in [1.165, 1.54) is 43.4 Å². The molecule has 32 heavy (non-hydrogen) atoms. The number of thiazole rings is 1. The van der Waals surface area contributed by atoms with Crippen molar-refractivity contribution < 1.29 is 19.7 Å². The minimum absolute atomic E-state index is 0.242. The second-order valence-electron chi connectivity index (χ2n) is 9.67. The van der Waals surface area contributed by atoms with Crippen molar-refractivity contribution in [1.29, 1.82) is 0 Å². The number of hydrogen-bond donors (Lipinski definition) is 2. The highest BCUT2D eigenvalue weighted by Gasteiger charge is 2.33. The molecule has 0 aromatic carbocycles. The number of carbonyl (C=O) groups is 1. The average molecular weight is 482 g/mol. The first kappa shape index (κ1) is 25.7. The zero-order valence-corrected chi connectivity index (χ0v) is 21.1. The molecule has 0 spiro atoms. The van der Waals surface area contributed by atoms with Crippen LogP contribution in [0.3, 0.4) is 0 Å². The lowest BCUT2D eigenvalue weighted by Crippen LogP contribution is -2.28. The summed E-state index contributed by atoms with van der Waals surface area (Å²) in [7, 11) is 0. The van der Waals surface area contributed by atoms with Crippen LogP contribution in [0.5, 0.6) is 0 Å². The molecule has 5 nitrogen and oxygen atoms in total. The van der Waals surface area contributed by atoms with Gasteiger partial charge in [-0.15, -0.1) is 11.3 Å². The summed E-state index contributed by atoms with van der Waals surface area (Å²) in [5.74, 6) is 1.77. The molecule has 2 N–H and O–H groups in total. The molecule has 0 amide bonds. The molecular weight excluding hydrogens is 442 g/mol. The SMILES string of the molecule is CCOC(=O)c1csc(SCC[C@H]2[C@@H](O)CC[C@@H]2C=CCC(C)(O)CC2CCCCC2)n1. The molecule has 0 saturated heterocycles. The Kier molecular flexibility index (Phi) is 10.1. The zero-order chi connectivity index (χ0) is 23.0. The van der Waals surface area contributed by atoms with E-state index in [2.05, 4.69) is 17.1 Å². The van der Waals surface area contributed by atoms with E-state index >= 15 is 0 Å². The van der Waals surface area contributed by atoms with E-state index in [4.69, 9.17) is 4.74 Å². The van der Waals surface area contributed by atoms with Gasteiger partial charge in [-0.1, -0.05) is 56.0 Å². The largest absolute Gasteiger partial charge is 0.461 e. The predicted octanol–water partition coefficient (Wildman–Crippen LogP) is 5.86. The molecule has 4 atom stereocenters. The van der Waals surface area contributed by atoms with E-state index in [0.29, 0.717) is 30.6 Å². The first-order valence-corrected chi connectivity index (χ1v) is 14.1. The number of rotatable bonds is 11. The highest BCUT2D eigenvalue weighted by Crippen LogP contribution is 2.38. The van der Waals surface area contributed by atoms with E-state index in [-0.39, 0.29) is 18.0 Å². The Balaban J connectivity index is 1.44. The molecule has 3 rings (SSSR count). The van der Waals surface area contributed by atoms with Gasteiger partial charge in [-0.05, 0) is 63.7 Å². The fraction of sp³-hybridized carbons (Fsp3) is 0.760. The Morgan fingerprint density at radius 1 is 1.31 bits per heavy atom. The summed E-state index contributed by atoms with van der Waals surface area (Å²) in [4.78, 5) is 16.1. The maximum atomic E-state index is 11.8. The Labute approximate surface area is 201 Å². The van der Waals surface area contributed by atoms with Crippen LogP contribution in [-0.2, 0) is 4.74 Å². The molecule has 1 heterocycles. The van der Waals surface area contributed by atoms with Gasteiger partial charge in [-0.2, -0.15) is 0 Å². The van der Waals surface area contributed by atoms with Gasteiger partial charge < -0.3 is 14.9 Å². The molecule has 0 aliphatic heterocycles. The Morgan fingerprint density at radius 3 is 2.84 bits per heavy atom. The monoisotopic (exact) mass is 481 g/mol. The summed E-state index contributed by atoms with van der Waals surface area (Å²) in [5.41, 5.74) is -0.260. The minimum atomic E-state index is -0.636. The van der Waals surface area contributed by atoms with Gasteiger partial charge in [0.2, 0.25) is 0 Å².